The molecule has 0 spiro atoms. The molecule has 3 saturated heterocycles. The fourth-order valence-electron chi connectivity index (χ4n) is 9.90. The van der Waals surface area contributed by atoms with Crippen LogP contribution in [0, 0.1) is 0 Å². The van der Waals surface area contributed by atoms with Crippen molar-refractivity contribution in [1.29, 1.82) is 0 Å². The van der Waals surface area contributed by atoms with E-state index in [-0.39, 0.29) is 86.6 Å². The van der Waals surface area contributed by atoms with E-state index in [2.05, 4.69) is 31.9 Å². The van der Waals surface area contributed by atoms with Gasteiger partial charge in [0.05, 0.1) is 40.7 Å². The number of nitrogens with one attached hydrogen (secondary N) is 6. The number of urea groups is 1. The molecule has 1 aromatic carbocycles. The lowest BCUT2D eigenvalue weighted by Crippen LogP contribution is -2.41. The Labute approximate surface area is 472 Å². The van der Waals surface area contributed by atoms with Gasteiger partial charge >= 0.3 is 12.0 Å². The number of nitrogens with zero attached hydrogens (tertiary/aromatic N) is 4. The summed E-state index contributed by atoms with van der Waals surface area (Å²) < 4.78 is 41.6. The first-order valence-electron chi connectivity index (χ1n) is 28.3. The highest BCUT2D eigenvalue weighted by atomic mass is 32.2. The van der Waals surface area contributed by atoms with Crippen molar-refractivity contribution in [2.24, 2.45) is 0 Å². The van der Waals surface area contributed by atoms with Crippen LogP contribution in [0.1, 0.15) is 135 Å². The molecule has 25 heteroatoms. The zero-order chi connectivity index (χ0) is 57.4. The number of carbonyl (C=O) groups is 8. The molecule has 5 aliphatic rings. The van der Waals surface area contributed by atoms with Gasteiger partial charge < -0.3 is 50.6 Å². The number of hydroxylamine groups is 2. The summed E-state index contributed by atoms with van der Waals surface area (Å²) in [6.45, 7) is 5.25. The number of rotatable bonds is 37. The molecule has 0 radical (unpaired) electrons. The van der Waals surface area contributed by atoms with Gasteiger partial charge in [0.15, 0.2) is 23.7 Å². The lowest BCUT2D eigenvalue weighted by atomic mass is 10.0. The van der Waals surface area contributed by atoms with Crippen molar-refractivity contribution < 1.29 is 60.6 Å². The molecule has 23 nitrogen and oxygen atoms in total. The molecule has 4 heterocycles. The minimum atomic E-state index is -4.30. The van der Waals surface area contributed by atoms with Crippen LogP contribution < -0.4 is 46.7 Å². The predicted octanol–water partition coefficient (Wildman–Crippen LogP) is 3.38. The third-order valence-corrected chi connectivity index (χ3v) is 16.8. The number of aromatic nitrogens is 1. The number of anilines is 1. The number of benzene rings is 2. The van der Waals surface area contributed by atoms with Crippen LogP contribution in [-0.2, 0) is 48.5 Å². The minimum Gasteiger partial charge on any atom is -0.748 e. The molecule has 6 rings (SSSR count). The maximum absolute atomic E-state index is 13.5. The number of imide groups is 1. The molecule has 6 N–H and O–H groups in total. The van der Waals surface area contributed by atoms with E-state index in [1.54, 1.807) is 0 Å². The molecule has 4 atom stereocenters. The molecule has 0 saturated carbocycles. The molecule has 4 aliphatic heterocycles. The summed E-state index contributed by atoms with van der Waals surface area (Å²) in [4.78, 5) is 111. The van der Waals surface area contributed by atoms with E-state index in [0.717, 1.165) is 55.3 Å². The van der Waals surface area contributed by atoms with Crippen LogP contribution in [-0.4, -0.2) is 158 Å². The van der Waals surface area contributed by atoms with Crippen molar-refractivity contribution in [3.63, 3.8) is 0 Å². The maximum Gasteiger partial charge on any atom is 0.333 e. The molecule has 0 aromatic heterocycles. The van der Waals surface area contributed by atoms with E-state index in [9.17, 15) is 51.3 Å². The summed E-state index contributed by atoms with van der Waals surface area (Å²) in [6, 6.07) is 10.7. The van der Waals surface area contributed by atoms with Crippen LogP contribution in [0.4, 0.5) is 10.5 Å². The Balaban J connectivity index is 0.894. The van der Waals surface area contributed by atoms with Gasteiger partial charge in [0.1, 0.15) is 18.3 Å². The van der Waals surface area contributed by atoms with Crippen molar-refractivity contribution in [2.75, 3.05) is 69.3 Å². The molecular weight excluding hydrogens is 1070 g/mol. The van der Waals surface area contributed by atoms with Crippen LogP contribution in [0.2, 0.25) is 0 Å². The highest BCUT2D eigenvalue weighted by Crippen LogP contribution is 2.33. The molecule has 440 valence electrons. The van der Waals surface area contributed by atoms with Gasteiger partial charge in [0.25, 0.3) is 11.8 Å². The first kappa shape index (κ1) is 63.0. The lowest BCUT2D eigenvalue weighted by Gasteiger charge is -2.23. The third-order valence-electron chi connectivity index (χ3n) is 14.5. The SMILES string of the molecule is CCN(CCCS(=O)(=O)[O-])c1ccc2nc3ccc(=[N+](C)CCC(=O)NCCCC[C@H](NC(=O)CCCCCNC(=O)CCCCC4SC[C@@H]5NC(=O)N[C@H]45)C(=O)CCNCCCCCC(=O)ON4C(=O)CCC4=O)cc-3oc2c1. The molecular formula is C55H80N10O13S2. The van der Waals surface area contributed by atoms with Gasteiger partial charge in [-0.3, -0.25) is 28.8 Å². The van der Waals surface area contributed by atoms with Crippen LogP contribution in [0.5, 0.6) is 0 Å². The zero-order valence-electron chi connectivity index (χ0n) is 46.2. The quantitative estimate of drug-likeness (QED) is 0.0120. The van der Waals surface area contributed by atoms with E-state index >= 15 is 0 Å². The van der Waals surface area contributed by atoms with E-state index in [0.29, 0.717) is 124 Å². The Kier molecular flexibility index (Phi) is 25.4. The molecule has 1 aromatic rings. The molecule has 1 unspecified atom stereocenters. The minimum absolute atomic E-state index is 0.00305. The second-order valence-corrected chi connectivity index (χ2v) is 23.5. The number of unbranched alkanes of at least 4 members (excludes halogenated alkanes) is 6. The number of carbonyl (C=O) groups excluding carboxylic acids is 8. The first-order valence-corrected chi connectivity index (χ1v) is 31.0. The average Bonchev–Trinajstić information content (AvgIpc) is 4.18. The van der Waals surface area contributed by atoms with Gasteiger partial charge in [0.2, 0.25) is 23.1 Å². The Morgan fingerprint density at radius 3 is 2.27 bits per heavy atom. The van der Waals surface area contributed by atoms with Crippen molar-refractivity contribution >= 4 is 86.0 Å². The average molecular weight is 1150 g/mol. The Bertz CT molecular complexity index is 2760. The topological polar surface area (TPSA) is 311 Å². The van der Waals surface area contributed by atoms with E-state index in [1.807, 2.05) is 71.6 Å². The summed E-state index contributed by atoms with van der Waals surface area (Å²) in [7, 11) is -2.42. The number of thioether (sulfide) groups is 1. The number of ketones is 1. The summed E-state index contributed by atoms with van der Waals surface area (Å²) >= 11 is 1.87. The molecule has 7 amide bonds. The summed E-state index contributed by atoms with van der Waals surface area (Å²) in [5.74, 6) is -1.11. The van der Waals surface area contributed by atoms with Gasteiger partial charge in [-0.25, -0.2) is 27.6 Å². The van der Waals surface area contributed by atoms with Gasteiger partial charge in [-0.15, -0.1) is 5.06 Å². The van der Waals surface area contributed by atoms with Gasteiger partial charge in [-0.05, 0) is 95.9 Å². The van der Waals surface area contributed by atoms with E-state index < -0.39 is 39.7 Å². The lowest BCUT2D eigenvalue weighted by molar-refractivity contribution is -0.197. The van der Waals surface area contributed by atoms with Crippen molar-refractivity contribution in [3.05, 3.63) is 41.8 Å². The molecule has 80 heavy (non-hydrogen) atoms. The highest BCUT2D eigenvalue weighted by Gasteiger charge is 2.42. The standard InChI is InChI=1S/C55H80N10O13S2/c1-3-64(32-14-34-80(74,75)76)39-21-23-42-46(36-39)77-45-35-38(20-22-41(45)59-42)63(2)33-27-49(68)58-30-13-10-15-40(44(66)26-31-56-28-11-5-7-19-53(72)78-65-51(70)24-25-52(65)71)60-50(69)18-6-4-12-29-57-48(67)17-9-8-16-47-54-43(37-79-47)61-55(73)62-54/h20-23,35-36,40,43,47,54,56H,3-19,24-34,37H2,1-2H3,(H5-,57,58,60,61,62,67,68,69,73,74,75,76)/t40-,43-,47?,54-/m0/s1. The molecule has 3 fully saturated rings. The van der Waals surface area contributed by atoms with Crippen LogP contribution in [0.3, 0.4) is 0 Å². The van der Waals surface area contributed by atoms with Crippen molar-refractivity contribution in [1.82, 2.24) is 46.5 Å². The smallest absolute Gasteiger partial charge is 0.333 e. The second kappa shape index (κ2) is 32.3. The van der Waals surface area contributed by atoms with Gasteiger partial charge in [-0.2, -0.15) is 11.8 Å². The Hall–Kier alpha value is -6.18. The van der Waals surface area contributed by atoms with Crippen LogP contribution >= 0.6 is 11.8 Å². The second-order valence-electron chi connectivity index (χ2n) is 20.7. The van der Waals surface area contributed by atoms with Crippen molar-refractivity contribution in [2.45, 2.75) is 159 Å². The van der Waals surface area contributed by atoms with E-state index in [4.69, 9.17) is 14.2 Å². The highest BCUT2D eigenvalue weighted by molar-refractivity contribution is 8.00. The number of amides is 7. The summed E-state index contributed by atoms with van der Waals surface area (Å²) in [5, 5.41) is 19.8. The Morgan fingerprint density at radius 2 is 1.52 bits per heavy atom. The van der Waals surface area contributed by atoms with Crippen molar-refractivity contribution in [3.8, 4) is 11.5 Å². The number of fused-ring (bicyclic) bond motifs is 3. The van der Waals surface area contributed by atoms with Crippen LogP contribution in [0.15, 0.2) is 40.8 Å². The summed E-state index contributed by atoms with van der Waals surface area (Å²) in [5.41, 5.74) is 2.66. The summed E-state index contributed by atoms with van der Waals surface area (Å²) in [6.07, 6.45) is 9.61. The zero-order valence-corrected chi connectivity index (χ0v) is 47.8. The van der Waals surface area contributed by atoms with Crippen LogP contribution in [0.25, 0.3) is 22.6 Å². The Morgan fingerprint density at radius 1 is 0.825 bits per heavy atom. The number of hydrogen-bond donors (Lipinski definition) is 6. The maximum atomic E-state index is 13.5. The van der Waals surface area contributed by atoms with Gasteiger partial charge in [-0.1, -0.05) is 19.3 Å². The first-order chi connectivity index (χ1) is 38.5. The molecule has 1 aliphatic carbocycles. The normalized spacial score (nSPS) is 17.7. The fraction of sp³-hybridized carbons (Fsp3) is 0.636. The van der Waals surface area contributed by atoms with Gasteiger partial charge in [0, 0.05) is 106 Å². The monoisotopic (exact) mass is 1150 g/mol. The number of Topliss-reactive ketones (excluding diaryl/α,β-unsaturated/α-hetero) is 1. The number of hydrogen-bond acceptors (Lipinski definition) is 17. The fourth-order valence-corrected chi connectivity index (χ4v) is 11.9. The molecule has 0 bridgehead atoms. The van der Waals surface area contributed by atoms with E-state index in [1.165, 1.54) is 0 Å². The predicted molar refractivity (Wildman–Crippen MR) is 301 cm³/mol. The largest absolute Gasteiger partial charge is 0.748 e. The third kappa shape index (κ3) is 21.0.